The number of benzene rings is 3. The first-order chi connectivity index (χ1) is 26.7. The third-order valence-corrected chi connectivity index (χ3v) is 11.4. The van der Waals surface area contributed by atoms with Crippen LogP contribution in [0.2, 0.25) is 0 Å². The predicted molar refractivity (Wildman–Crippen MR) is 202 cm³/mol. The molecule has 5 aromatic rings. The molecular weight excluding hydrogens is 747 g/mol. The van der Waals surface area contributed by atoms with Gasteiger partial charge in [-0.15, -0.1) is 23.1 Å². The van der Waals surface area contributed by atoms with E-state index in [2.05, 4.69) is 25.6 Å². The maximum Gasteiger partial charge on any atom is 0.407 e. The molecule has 0 spiro atoms. The number of aryl methyl sites for hydroxylation is 1. The van der Waals surface area contributed by atoms with Gasteiger partial charge < -0.3 is 25.4 Å². The number of aromatic nitrogens is 2. The molecule has 2 atom stereocenters. The standard InChI is InChI=1S/C40H34F2N6O5S2/c1-2-25-13-12-20-47(21-25)22-26-23-54-36-32(35(50)48(36)33(26)37(51)52)44-34(49)31(46-53-38(41)42)30-24-55-39(43-30)45-40(27-14-6-3-7-15-27,28-16-8-4-9-17-28)29-18-10-5-11-19-29/h3-21,24,32,36,38H,2,22-23H2,1H3,(H2-,43,44,45,49,51,52)/t32?,36-/m0/s1. The smallest absolute Gasteiger partial charge is 0.407 e. The zero-order chi connectivity index (χ0) is 38.5. The molecule has 0 aliphatic carbocycles. The van der Waals surface area contributed by atoms with Crippen molar-refractivity contribution in [3.05, 3.63) is 160 Å². The van der Waals surface area contributed by atoms with E-state index in [0.717, 1.165) is 44.9 Å². The summed E-state index contributed by atoms with van der Waals surface area (Å²) < 4.78 is 28.5. The number of carboxylic acid groups (broad SMARTS) is 1. The van der Waals surface area contributed by atoms with Crippen LogP contribution in [0.4, 0.5) is 13.9 Å². The first-order valence-electron chi connectivity index (χ1n) is 17.3. The maximum absolute atomic E-state index is 13.8. The average molecular weight is 781 g/mol. The first kappa shape index (κ1) is 37.4. The minimum Gasteiger partial charge on any atom is -0.543 e. The number of thioether (sulfide) groups is 1. The lowest BCUT2D eigenvalue weighted by Crippen LogP contribution is -2.71. The Kier molecular flexibility index (Phi) is 11.0. The van der Waals surface area contributed by atoms with Crippen LogP contribution in [0.15, 0.2) is 137 Å². The predicted octanol–water partition coefficient (Wildman–Crippen LogP) is 4.44. The number of oxime groups is 1. The lowest BCUT2D eigenvalue weighted by atomic mass is 9.77. The minimum atomic E-state index is -3.35. The van der Waals surface area contributed by atoms with Crippen LogP contribution < -0.4 is 20.3 Å². The summed E-state index contributed by atoms with van der Waals surface area (Å²) in [6, 6.07) is 31.8. The number of carboxylic acids is 1. The highest BCUT2D eigenvalue weighted by atomic mass is 32.2. The molecule has 2 aliphatic rings. The molecule has 2 N–H and O–H groups in total. The second kappa shape index (κ2) is 16.2. The van der Waals surface area contributed by atoms with Gasteiger partial charge in [-0.2, -0.15) is 8.78 Å². The van der Waals surface area contributed by atoms with Gasteiger partial charge in [-0.25, -0.2) is 9.55 Å². The van der Waals surface area contributed by atoms with Gasteiger partial charge in [0.15, 0.2) is 29.8 Å². The van der Waals surface area contributed by atoms with Crippen LogP contribution in [-0.2, 0) is 37.7 Å². The Labute approximate surface area is 323 Å². The zero-order valence-corrected chi connectivity index (χ0v) is 30.9. The number of hydrogen-bond acceptors (Lipinski definition) is 10. The van der Waals surface area contributed by atoms with E-state index in [1.807, 2.05) is 127 Å². The Hall–Kier alpha value is -5.93. The molecule has 2 amide bonds. The molecule has 7 rings (SSSR count). The number of pyridine rings is 1. The van der Waals surface area contributed by atoms with Crippen LogP contribution in [0.3, 0.4) is 0 Å². The molecule has 3 aromatic carbocycles. The van der Waals surface area contributed by atoms with Crippen molar-refractivity contribution < 1.29 is 37.7 Å². The lowest BCUT2D eigenvalue weighted by molar-refractivity contribution is -0.689. The molecule has 0 saturated carbocycles. The number of aliphatic carboxylic acids is 1. The highest BCUT2D eigenvalue weighted by Crippen LogP contribution is 2.42. The van der Waals surface area contributed by atoms with Crippen molar-refractivity contribution in [1.29, 1.82) is 0 Å². The summed E-state index contributed by atoms with van der Waals surface area (Å²) in [5.74, 6) is -2.97. The van der Waals surface area contributed by atoms with E-state index in [9.17, 15) is 28.3 Å². The highest BCUT2D eigenvalue weighted by Gasteiger charge is 2.53. The number of fused-ring (bicyclic) bond motifs is 1. The van der Waals surface area contributed by atoms with Gasteiger partial charge in [0.05, 0.1) is 11.7 Å². The van der Waals surface area contributed by atoms with E-state index in [-0.39, 0.29) is 23.7 Å². The van der Waals surface area contributed by atoms with Crippen LogP contribution in [0, 0.1) is 0 Å². The van der Waals surface area contributed by atoms with Crippen molar-refractivity contribution in [1.82, 2.24) is 15.2 Å². The van der Waals surface area contributed by atoms with Crippen molar-refractivity contribution in [2.24, 2.45) is 5.16 Å². The molecule has 2 aromatic heterocycles. The van der Waals surface area contributed by atoms with Gasteiger partial charge in [-0.05, 0) is 29.2 Å². The Balaban J connectivity index is 1.16. The summed E-state index contributed by atoms with van der Waals surface area (Å²) in [6.45, 7) is -1.12. The minimum absolute atomic E-state index is 0.0856. The third kappa shape index (κ3) is 7.57. The molecule has 1 unspecified atom stereocenters. The fourth-order valence-corrected chi connectivity index (χ4v) is 8.87. The van der Waals surface area contributed by atoms with Crippen LogP contribution >= 0.6 is 23.1 Å². The topological polar surface area (TPSA) is 140 Å². The average Bonchev–Trinajstić information content (AvgIpc) is 3.67. The van der Waals surface area contributed by atoms with E-state index >= 15 is 0 Å². The molecule has 55 heavy (non-hydrogen) atoms. The number of alkyl halides is 2. The maximum atomic E-state index is 13.8. The van der Waals surface area contributed by atoms with Gasteiger partial charge in [0.25, 0.3) is 11.8 Å². The van der Waals surface area contributed by atoms with Crippen LogP contribution in [0.25, 0.3) is 0 Å². The van der Waals surface area contributed by atoms with Crippen molar-refractivity contribution in [2.45, 2.75) is 43.5 Å². The number of nitrogens with one attached hydrogen (secondary N) is 2. The summed E-state index contributed by atoms with van der Waals surface area (Å²) in [7, 11) is 0. The van der Waals surface area contributed by atoms with Crippen molar-refractivity contribution >= 4 is 51.7 Å². The fourth-order valence-electron chi connectivity index (χ4n) is 6.79. The zero-order valence-electron chi connectivity index (χ0n) is 29.3. The second-order valence-electron chi connectivity index (χ2n) is 12.7. The summed E-state index contributed by atoms with van der Waals surface area (Å²) in [6.07, 6.45) is 4.51. The number of hydrogen-bond donors (Lipinski definition) is 2. The van der Waals surface area contributed by atoms with Gasteiger partial charge in [0, 0.05) is 28.3 Å². The largest absolute Gasteiger partial charge is 0.543 e. The Bertz CT molecular complexity index is 2160. The molecule has 11 nitrogen and oxygen atoms in total. The van der Waals surface area contributed by atoms with Crippen molar-refractivity contribution in [3.8, 4) is 0 Å². The Morgan fingerprint density at radius 3 is 2.18 bits per heavy atom. The Morgan fingerprint density at radius 2 is 1.62 bits per heavy atom. The first-order valence-corrected chi connectivity index (χ1v) is 19.2. The van der Waals surface area contributed by atoms with Gasteiger partial charge in [-0.3, -0.25) is 14.5 Å². The van der Waals surface area contributed by atoms with Crippen LogP contribution in [0.1, 0.15) is 34.9 Å². The summed E-state index contributed by atoms with van der Waals surface area (Å²) in [4.78, 5) is 49.6. The quantitative estimate of drug-likeness (QED) is 0.0555. The van der Waals surface area contributed by atoms with E-state index in [1.54, 1.807) is 0 Å². The number of β-lactam (4-membered cyclic amide) rings is 1. The summed E-state index contributed by atoms with van der Waals surface area (Å²) in [5, 5.41) is 23.0. The number of carbonyl (C=O) groups is 3. The SMILES string of the molecule is CCc1ccc[n+](CC2=C(C(=O)[O-])N3C(=O)C(NC(=O)C(=NOC(F)F)c4csc(NC(c5ccccc5)(c5ccccc5)c5ccccc5)n4)[C@@H]3SC2)c1. The van der Waals surface area contributed by atoms with Crippen molar-refractivity contribution in [3.63, 3.8) is 0 Å². The van der Waals surface area contributed by atoms with E-state index < -0.39 is 47.1 Å². The number of halogens is 2. The number of carbonyl (C=O) groups excluding carboxylic acids is 3. The van der Waals surface area contributed by atoms with Gasteiger partial charge in [-0.1, -0.05) is 103 Å². The number of rotatable bonds is 14. The van der Waals surface area contributed by atoms with Crippen LogP contribution in [0.5, 0.6) is 0 Å². The lowest BCUT2D eigenvalue weighted by Gasteiger charge is -2.50. The number of amides is 2. The number of thiazole rings is 1. The van der Waals surface area contributed by atoms with Crippen molar-refractivity contribution in [2.75, 3.05) is 11.1 Å². The normalized spacial score (nSPS) is 17.1. The van der Waals surface area contributed by atoms with E-state index in [4.69, 9.17) is 0 Å². The van der Waals surface area contributed by atoms with E-state index in [0.29, 0.717) is 10.7 Å². The monoisotopic (exact) mass is 780 g/mol. The molecule has 280 valence electrons. The molecule has 0 bridgehead atoms. The molecule has 4 heterocycles. The molecule has 1 saturated heterocycles. The molecule has 2 aliphatic heterocycles. The van der Waals surface area contributed by atoms with Gasteiger partial charge >= 0.3 is 6.61 Å². The number of anilines is 1. The second-order valence-corrected chi connectivity index (χ2v) is 14.6. The van der Waals surface area contributed by atoms with Gasteiger partial charge in [0.1, 0.15) is 22.6 Å². The molecular formula is C40H34F2N6O5S2. The van der Waals surface area contributed by atoms with E-state index in [1.165, 1.54) is 17.1 Å². The molecule has 1 fully saturated rings. The molecule has 0 radical (unpaired) electrons. The summed E-state index contributed by atoms with van der Waals surface area (Å²) >= 11 is 2.39. The fraction of sp³-hybridized carbons (Fsp3) is 0.200. The Morgan fingerprint density at radius 1 is 1.00 bits per heavy atom. The van der Waals surface area contributed by atoms with Crippen LogP contribution in [-0.4, -0.2) is 57.2 Å². The summed E-state index contributed by atoms with van der Waals surface area (Å²) in [5.41, 5.74) is 2.29. The molecule has 15 heteroatoms. The van der Waals surface area contributed by atoms with Gasteiger partial charge in [0.2, 0.25) is 0 Å². The third-order valence-electron chi connectivity index (χ3n) is 9.33. The highest BCUT2D eigenvalue weighted by molar-refractivity contribution is 8.00. The number of nitrogens with zero attached hydrogens (tertiary/aromatic N) is 4.